The number of amides is 1. The van der Waals surface area contributed by atoms with Crippen LogP contribution in [0.4, 0.5) is 11.4 Å². The second kappa shape index (κ2) is 8.73. The normalized spacial score (nSPS) is 10.6. The summed E-state index contributed by atoms with van der Waals surface area (Å²) in [5.41, 5.74) is 2.21. The summed E-state index contributed by atoms with van der Waals surface area (Å²) in [6.45, 7) is 0. The van der Waals surface area contributed by atoms with E-state index < -0.39 is 10.8 Å². The van der Waals surface area contributed by atoms with Crippen LogP contribution in [0.2, 0.25) is 0 Å². The average Bonchev–Trinajstić information content (AvgIpc) is 2.83. The smallest absolute Gasteiger partial charge is 0.296 e. The van der Waals surface area contributed by atoms with Crippen LogP contribution in [0.1, 0.15) is 10.4 Å². The molecule has 160 valence electrons. The molecule has 3 aromatic carbocycles. The molecule has 0 saturated carbocycles. The summed E-state index contributed by atoms with van der Waals surface area (Å²) in [4.78, 5) is 28.8. The number of carbonyl (C=O) groups is 1. The number of para-hydroxylation sites is 1. The Morgan fingerprint density at radius 1 is 0.938 bits per heavy atom. The van der Waals surface area contributed by atoms with Gasteiger partial charge in [-0.1, -0.05) is 18.2 Å². The quantitative estimate of drug-likeness (QED) is 0.339. The van der Waals surface area contributed by atoms with Gasteiger partial charge in [0.1, 0.15) is 17.2 Å². The minimum Gasteiger partial charge on any atom is -0.497 e. The predicted octanol–water partition coefficient (Wildman–Crippen LogP) is 5.08. The van der Waals surface area contributed by atoms with E-state index in [1.165, 1.54) is 19.2 Å². The van der Waals surface area contributed by atoms with Gasteiger partial charge in [0, 0.05) is 10.9 Å². The first kappa shape index (κ1) is 20.8. The fourth-order valence-corrected chi connectivity index (χ4v) is 3.36. The Hall–Kier alpha value is -4.46. The second-order valence-corrected chi connectivity index (χ2v) is 6.90. The van der Waals surface area contributed by atoms with Gasteiger partial charge in [0.2, 0.25) is 0 Å². The standard InChI is InChI=1S/C24H19N3O5/c1-31-16-9-7-15(8-10-16)22-14-19(18-5-3-4-6-20(18)25-22)24(28)26-21-12-11-17(32-2)13-23(21)27(29)30/h3-14H,1-2H3,(H,26,28). The molecule has 8 heteroatoms. The highest BCUT2D eigenvalue weighted by Crippen LogP contribution is 2.31. The van der Waals surface area contributed by atoms with Crippen LogP contribution in [0.5, 0.6) is 11.5 Å². The molecule has 0 aliphatic rings. The number of fused-ring (bicyclic) bond motifs is 1. The van der Waals surface area contributed by atoms with E-state index in [9.17, 15) is 14.9 Å². The Balaban J connectivity index is 1.78. The minimum absolute atomic E-state index is 0.0766. The summed E-state index contributed by atoms with van der Waals surface area (Å²) in [5.74, 6) is 0.553. The number of carbonyl (C=O) groups excluding carboxylic acids is 1. The lowest BCUT2D eigenvalue weighted by atomic mass is 10.0. The van der Waals surface area contributed by atoms with E-state index in [1.54, 1.807) is 25.3 Å². The average molecular weight is 429 g/mol. The van der Waals surface area contributed by atoms with Crippen molar-refractivity contribution in [2.45, 2.75) is 0 Å². The van der Waals surface area contributed by atoms with Crippen molar-refractivity contribution in [3.05, 3.63) is 88.5 Å². The minimum atomic E-state index is -0.564. The third kappa shape index (κ3) is 4.06. The van der Waals surface area contributed by atoms with E-state index in [0.717, 1.165) is 5.56 Å². The molecule has 0 radical (unpaired) electrons. The summed E-state index contributed by atoms with van der Waals surface area (Å²) < 4.78 is 10.3. The van der Waals surface area contributed by atoms with Crippen molar-refractivity contribution in [1.29, 1.82) is 0 Å². The second-order valence-electron chi connectivity index (χ2n) is 6.90. The SMILES string of the molecule is COc1ccc(-c2cc(C(=O)Nc3ccc(OC)cc3[N+](=O)[O-])c3ccccc3n2)cc1. The zero-order chi connectivity index (χ0) is 22.7. The third-order valence-corrected chi connectivity index (χ3v) is 5.00. The molecule has 8 nitrogen and oxygen atoms in total. The van der Waals surface area contributed by atoms with Crippen LogP contribution < -0.4 is 14.8 Å². The highest BCUT2D eigenvalue weighted by Gasteiger charge is 2.20. The Bertz CT molecular complexity index is 1320. The maximum atomic E-state index is 13.2. The Labute approximate surface area is 183 Å². The Morgan fingerprint density at radius 3 is 2.31 bits per heavy atom. The zero-order valence-corrected chi connectivity index (χ0v) is 17.4. The van der Waals surface area contributed by atoms with Gasteiger partial charge in [0.05, 0.1) is 42.0 Å². The monoisotopic (exact) mass is 429 g/mol. The number of hydrogen-bond acceptors (Lipinski definition) is 6. The molecule has 1 aromatic heterocycles. The largest absolute Gasteiger partial charge is 0.497 e. The molecule has 0 spiro atoms. The number of nitro benzene ring substituents is 1. The van der Waals surface area contributed by atoms with Crippen LogP contribution in [0, 0.1) is 10.1 Å². The molecule has 0 fully saturated rings. The van der Waals surface area contributed by atoms with Gasteiger partial charge in [0.25, 0.3) is 11.6 Å². The molecule has 0 saturated heterocycles. The molecule has 32 heavy (non-hydrogen) atoms. The summed E-state index contributed by atoms with van der Waals surface area (Å²) in [6, 6.07) is 20.5. The summed E-state index contributed by atoms with van der Waals surface area (Å²) in [5, 5.41) is 14.8. The number of nitrogens with zero attached hydrogens (tertiary/aromatic N) is 2. The molecule has 0 bridgehead atoms. The summed E-state index contributed by atoms with van der Waals surface area (Å²) >= 11 is 0. The lowest BCUT2D eigenvalue weighted by Gasteiger charge is -2.12. The Kier molecular flexibility index (Phi) is 5.67. The number of anilines is 1. The van der Waals surface area contributed by atoms with Crippen LogP contribution in [-0.4, -0.2) is 30.0 Å². The number of nitro groups is 1. The predicted molar refractivity (Wildman–Crippen MR) is 121 cm³/mol. The number of benzene rings is 3. The molecule has 1 amide bonds. The van der Waals surface area contributed by atoms with Gasteiger partial charge in [0.15, 0.2) is 0 Å². The molecule has 0 aliphatic heterocycles. The number of rotatable bonds is 6. The number of methoxy groups -OCH3 is 2. The van der Waals surface area contributed by atoms with Crippen molar-refractivity contribution >= 4 is 28.2 Å². The molecular formula is C24H19N3O5. The molecule has 4 rings (SSSR count). The van der Waals surface area contributed by atoms with E-state index in [0.29, 0.717) is 33.7 Å². The van der Waals surface area contributed by atoms with Crippen molar-refractivity contribution < 1.29 is 19.2 Å². The fraction of sp³-hybridized carbons (Fsp3) is 0.0833. The molecule has 0 aliphatic carbocycles. The van der Waals surface area contributed by atoms with Crippen molar-refractivity contribution in [2.75, 3.05) is 19.5 Å². The number of hydrogen-bond donors (Lipinski definition) is 1. The lowest BCUT2D eigenvalue weighted by molar-refractivity contribution is -0.384. The molecule has 0 atom stereocenters. The van der Waals surface area contributed by atoms with Crippen LogP contribution in [0.25, 0.3) is 22.2 Å². The lowest BCUT2D eigenvalue weighted by Crippen LogP contribution is -2.14. The third-order valence-electron chi connectivity index (χ3n) is 5.00. The van der Waals surface area contributed by atoms with Gasteiger partial charge >= 0.3 is 0 Å². The van der Waals surface area contributed by atoms with Crippen LogP contribution in [0.3, 0.4) is 0 Å². The van der Waals surface area contributed by atoms with E-state index in [2.05, 4.69) is 10.3 Å². The highest BCUT2D eigenvalue weighted by molar-refractivity contribution is 6.13. The first-order valence-electron chi connectivity index (χ1n) is 9.68. The van der Waals surface area contributed by atoms with Gasteiger partial charge < -0.3 is 14.8 Å². The van der Waals surface area contributed by atoms with Crippen LogP contribution in [-0.2, 0) is 0 Å². The summed E-state index contributed by atoms with van der Waals surface area (Å²) in [6.07, 6.45) is 0. The van der Waals surface area contributed by atoms with Crippen LogP contribution in [0.15, 0.2) is 72.8 Å². The maximum absolute atomic E-state index is 13.2. The number of ether oxygens (including phenoxy) is 2. The molecule has 4 aromatic rings. The molecule has 0 unspecified atom stereocenters. The number of nitrogens with one attached hydrogen (secondary N) is 1. The van der Waals surface area contributed by atoms with Crippen molar-refractivity contribution in [3.8, 4) is 22.8 Å². The van der Waals surface area contributed by atoms with E-state index in [4.69, 9.17) is 9.47 Å². The van der Waals surface area contributed by atoms with E-state index in [1.807, 2.05) is 42.5 Å². The topological polar surface area (TPSA) is 104 Å². The fourth-order valence-electron chi connectivity index (χ4n) is 3.36. The number of aromatic nitrogens is 1. The van der Waals surface area contributed by atoms with Gasteiger partial charge in [-0.3, -0.25) is 14.9 Å². The van der Waals surface area contributed by atoms with Gasteiger partial charge in [-0.05, 0) is 48.5 Å². The van der Waals surface area contributed by atoms with Crippen LogP contribution >= 0.6 is 0 Å². The van der Waals surface area contributed by atoms with Crippen molar-refractivity contribution in [2.24, 2.45) is 0 Å². The first-order chi connectivity index (χ1) is 15.5. The van der Waals surface area contributed by atoms with E-state index >= 15 is 0 Å². The van der Waals surface area contributed by atoms with Crippen molar-refractivity contribution in [1.82, 2.24) is 4.98 Å². The molecular weight excluding hydrogens is 410 g/mol. The van der Waals surface area contributed by atoms with Gasteiger partial charge in [-0.25, -0.2) is 4.98 Å². The van der Waals surface area contributed by atoms with E-state index in [-0.39, 0.29) is 11.4 Å². The highest BCUT2D eigenvalue weighted by atomic mass is 16.6. The zero-order valence-electron chi connectivity index (χ0n) is 17.4. The van der Waals surface area contributed by atoms with Crippen molar-refractivity contribution in [3.63, 3.8) is 0 Å². The molecule has 1 heterocycles. The molecule has 1 N–H and O–H groups in total. The Morgan fingerprint density at radius 2 is 1.62 bits per heavy atom. The van der Waals surface area contributed by atoms with Gasteiger partial charge in [-0.15, -0.1) is 0 Å². The van der Waals surface area contributed by atoms with Gasteiger partial charge in [-0.2, -0.15) is 0 Å². The first-order valence-corrected chi connectivity index (χ1v) is 9.68. The maximum Gasteiger partial charge on any atom is 0.296 e. The number of pyridine rings is 1. The summed E-state index contributed by atoms with van der Waals surface area (Å²) in [7, 11) is 3.01.